The van der Waals surface area contributed by atoms with E-state index in [1.165, 1.54) is 12.4 Å². The minimum Gasteiger partial charge on any atom is -0.497 e. The third-order valence-corrected chi connectivity index (χ3v) is 6.23. The van der Waals surface area contributed by atoms with Crippen molar-refractivity contribution < 1.29 is 13.9 Å². The van der Waals surface area contributed by atoms with E-state index in [-0.39, 0.29) is 5.82 Å². The maximum atomic E-state index is 15.1. The van der Waals surface area contributed by atoms with Gasteiger partial charge in [-0.05, 0) is 42.0 Å². The van der Waals surface area contributed by atoms with E-state index in [0.29, 0.717) is 22.3 Å². The van der Waals surface area contributed by atoms with Crippen molar-refractivity contribution in [3.05, 3.63) is 106 Å². The summed E-state index contributed by atoms with van der Waals surface area (Å²) >= 11 is 6.34. The molecule has 164 valence electrons. The first-order valence-electron chi connectivity index (χ1n) is 10.4. The summed E-state index contributed by atoms with van der Waals surface area (Å²) in [5.74, 6) is 1.60. The van der Waals surface area contributed by atoms with E-state index in [0.717, 1.165) is 28.1 Å². The monoisotopic (exact) mass is 460 g/mol. The highest BCUT2D eigenvalue weighted by Crippen LogP contribution is 2.51. The van der Waals surface area contributed by atoms with Gasteiger partial charge >= 0.3 is 0 Å². The van der Waals surface area contributed by atoms with Gasteiger partial charge in [0.15, 0.2) is 0 Å². The lowest BCUT2D eigenvalue weighted by Crippen LogP contribution is -2.32. The Labute approximate surface area is 194 Å². The summed E-state index contributed by atoms with van der Waals surface area (Å²) in [4.78, 5) is 4.36. The van der Waals surface area contributed by atoms with Crippen LogP contribution in [0.15, 0.2) is 78.6 Å². The first-order valence-corrected chi connectivity index (χ1v) is 10.8. The molecule has 3 heterocycles. The van der Waals surface area contributed by atoms with Crippen molar-refractivity contribution in [1.29, 1.82) is 0 Å². The molecule has 1 N–H and O–H groups in total. The van der Waals surface area contributed by atoms with Gasteiger partial charge in [-0.25, -0.2) is 9.07 Å². The van der Waals surface area contributed by atoms with Crippen LogP contribution in [0.4, 0.5) is 10.3 Å². The number of anilines is 1. The fourth-order valence-electron chi connectivity index (χ4n) is 4.49. The molecule has 0 saturated heterocycles. The molecule has 0 unspecified atom stereocenters. The van der Waals surface area contributed by atoms with Gasteiger partial charge in [-0.1, -0.05) is 41.9 Å². The fourth-order valence-corrected chi connectivity index (χ4v) is 4.66. The third-order valence-electron chi connectivity index (χ3n) is 5.99. The maximum Gasteiger partial charge on any atom is 0.226 e. The Kier molecular flexibility index (Phi) is 4.58. The van der Waals surface area contributed by atoms with Gasteiger partial charge in [0.05, 0.1) is 12.8 Å². The Hall–Kier alpha value is -3.84. The molecule has 0 fully saturated rings. The molecule has 33 heavy (non-hydrogen) atoms. The fraction of sp³-hybridized carbons (Fsp3) is 0.120. The molecule has 0 spiro atoms. The number of nitrogens with zero attached hydrogens (tertiary/aromatic N) is 3. The molecule has 6 nitrogen and oxygen atoms in total. The van der Waals surface area contributed by atoms with E-state index in [9.17, 15) is 0 Å². The van der Waals surface area contributed by atoms with Crippen LogP contribution in [0.2, 0.25) is 5.02 Å². The molecule has 2 atom stereocenters. The van der Waals surface area contributed by atoms with E-state index < -0.39 is 12.1 Å². The van der Waals surface area contributed by atoms with Crippen LogP contribution in [0.25, 0.3) is 5.70 Å². The highest BCUT2D eigenvalue weighted by molar-refractivity contribution is 6.30. The smallest absolute Gasteiger partial charge is 0.226 e. The van der Waals surface area contributed by atoms with Crippen molar-refractivity contribution in [2.75, 3.05) is 12.4 Å². The highest BCUT2D eigenvalue weighted by atomic mass is 35.5. The number of methoxy groups -OCH3 is 1. The van der Waals surface area contributed by atoms with E-state index in [1.54, 1.807) is 30.0 Å². The average Bonchev–Trinajstić information content (AvgIpc) is 3.31. The number of ether oxygens (including phenoxy) is 2. The molecule has 0 bridgehead atoms. The Balaban J connectivity index is 1.63. The Bertz CT molecular complexity index is 1400. The second kappa shape index (κ2) is 7.64. The van der Waals surface area contributed by atoms with Crippen molar-refractivity contribution in [2.24, 2.45) is 0 Å². The minimum atomic E-state index is -0.570. The number of hydrogen-bond acceptors (Lipinski definition) is 5. The van der Waals surface area contributed by atoms with Crippen LogP contribution < -0.4 is 14.8 Å². The van der Waals surface area contributed by atoms with Crippen LogP contribution in [-0.2, 0) is 0 Å². The molecule has 1 aromatic heterocycles. The van der Waals surface area contributed by atoms with Crippen LogP contribution in [0.1, 0.15) is 28.8 Å². The van der Waals surface area contributed by atoms with Gasteiger partial charge in [-0.15, -0.1) is 0 Å². The number of benzene rings is 3. The zero-order valence-corrected chi connectivity index (χ0v) is 18.3. The minimum absolute atomic E-state index is 0.330. The van der Waals surface area contributed by atoms with Gasteiger partial charge in [0.2, 0.25) is 5.95 Å². The highest BCUT2D eigenvalue weighted by Gasteiger charge is 2.41. The second-order valence-corrected chi connectivity index (χ2v) is 8.26. The van der Waals surface area contributed by atoms with Crippen LogP contribution in [0.5, 0.6) is 11.5 Å². The maximum absolute atomic E-state index is 15.1. The SMILES string of the molecule is COc1ccc([C@@H]2Oc3ccc(Cl)cc3C3=C2[C@@H](c2ccccc2F)n2ncnc2N3)cc1. The summed E-state index contributed by atoms with van der Waals surface area (Å²) in [5, 5.41) is 8.38. The zero-order chi connectivity index (χ0) is 22.5. The third kappa shape index (κ3) is 3.15. The lowest BCUT2D eigenvalue weighted by atomic mass is 9.84. The predicted molar refractivity (Wildman–Crippen MR) is 123 cm³/mol. The van der Waals surface area contributed by atoms with Crippen molar-refractivity contribution in [1.82, 2.24) is 14.8 Å². The Morgan fingerprint density at radius 2 is 1.91 bits per heavy atom. The normalized spacial score (nSPS) is 18.5. The van der Waals surface area contributed by atoms with Crippen LogP contribution in [0, 0.1) is 5.82 Å². The van der Waals surface area contributed by atoms with Gasteiger partial charge in [0, 0.05) is 21.7 Å². The summed E-state index contributed by atoms with van der Waals surface area (Å²) in [6, 6.07) is 19.3. The molecule has 8 heteroatoms. The first-order chi connectivity index (χ1) is 16.1. The van der Waals surface area contributed by atoms with Gasteiger partial charge in [0.1, 0.15) is 35.8 Å². The summed E-state index contributed by atoms with van der Waals surface area (Å²) < 4.78 is 28.7. The lowest BCUT2D eigenvalue weighted by Gasteiger charge is -2.39. The van der Waals surface area contributed by atoms with Crippen LogP contribution in [0.3, 0.4) is 0 Å². The summed E-state index contributed by atoms with van der Waals surface area (Å²) in [6.07, 6.45) is 0.950. The zero-order valence-electron chi connectivity index (χ0n) is 17.5. The molecule has 2 aliphatic heterocycles. The molecule has 0 saturated carbocycles. The van der Waals surface area contributed by atoms with Crippen LogP contribution in [-0.4, -0.2) is 21.9 Å². The average molecular weight is 461 g/mol. The molecule has 0 radical (unpaired) electrons. The topological polar surface area (TPSA) is 61.2 Å². The number of hydrogen-bond donors (Lipinski definition) is 1. The standard InChI is InChI=1S/C25H18ClFN4O2/c1-32-16-9-6-14(7-10-16)24-21-22(18-12-15(26)8-11-20(18)33-24)30-25-28-13-29-31(25)23(21)17-4-2-3-5-19(17)27/h2-13,23-24H,1H3,(H,28,29,30)/t23-,24+/m1/s1. The van der Waals surface area contributed by atoms with Gasteiger partial charge in [0.25, 0.3) is 0 Å². The summed E-state index contributed by atoms with van der Waals surface area (Å²) in [7, 11) is 1.62. The van der Waals surface area contributed by atoms with Crippen LogP contribution >= 0.6 is 11.6 Å². The number of nitrogens with one attached hydrogen (secondary N) is 1. The van der Waals surface area contributed by atoms with Crippen molar-refractivity contribution >= 4 is 23.2 Å². The quantitative estimate of drug-likeness (QED) is 0.428. The lowest BCUT2D eigenvalue weighted by molar-refractivity contribution is 0.222. The number of fused-ring (bicyclic) bond motifs is 3. The first kappa shape index (κ1) is 19.8. The predicted octanol–water partition coefficient (Wildman–Crippen LogP) is 5.64. The molecule has 4 aromatic rings. The van der Waals surface area contributed by atoms with Crippen molar-refractivity contribution in [2.45, 2.75) is 12.1 Å². The molecule has 3 aromatic carbocycles. The summed E-state index contributed by atoms with van der Waals surface area (Å²) in [6.45, 7) is 0. The van der Waals surface area contributed by atoms with Crippen molar-refractivity contribution in [3.63, 3.8) is 0 Å². The van der Waals surface area contributed by atoms with Crippen molar-refractivity contribution in [3.8, 4) is 11.5 Å². The van der Waals surface area contributed by atoms with E-state index in [4.69, 9.17) is 21.1 Å². The Morgan fingerprint density at radius 1 is 1.09 bits per heavy atom. The number of rotatable bonds is 3. The molecule has 6 rings (SSSR count). The Morgan fingerprint density at radius 3 is 2.70 bits per heavy atom. The van der Waals surface area contributed by atoms with E-state index >= 15 is 4.39 Å². The molecule has 0 aliphatic carbocycles. The number of aromatic nitrogens is 3. The molecular weight excluding hydrogens is 443 g/mol. The molecule has 0 amide bonds. The number of halogens is 2. The molecular formula is C25H18ClFN4O2. The van der Waals surface area contributed by atoms with Gasteiger partial charge in [-0.3, -0.25) is 0 Å². The van der Waals surface area contributed by atoms with E-state index in [2.05, 4.69) is 15.4 Å². The second-order valence-electron chi connectivity index (χ2n) is 7.82. The van der Waals surface area contributed by atoms with E-state index in [1.807, 2.05) is 42.5 Å². The van der Waals surface area contributed by atoms with Gasteiger partial charge in [-0.2, -0.15) is 10.1 Å². The summed E-state index contributed by atoms with van der Waals surface area (Å²) in [5.41, 5.74) is 3.77. The van der Waals surface area contributed by atoms with Gasteiger partial charge < -0.3 is 14.8 Å². The molecule has 2 aliphatic rings. The largest absolute Gasteiger partial charge is 0.497 e.